The summed E-state index contributed by atoms with van der Waals surface area (Å²) in [7, 11) is 2.49. The molecule has 0 radical (unpaired) electrons. The Hall–Kier alpha value is -2.61. The largest absolute Gasteiger partial charge is 0.467 e. The van der Waals surface area contributed by atoms with Crippen LogP contribution in [0.2, 0.25) is 5.02 Å². The van der Waals surface area contributed by atoms with Crippen molar-refractivity contribution >= 4 is 29.2 Å². The quantitative estimate of drug-likeness (QED) is 0.423. The summed E-state index contributed by atoms with van der Waals surface area (Å²) < 4.78 is 9.68. The van der Waals surface area contributed by atoms with Gasteiger partial charge in [-0.05, 0) is 48.2 Å². The zero-order chi connectivity index (χ0) is 22.6. The van der Waals surface area contributed by atoms with E-state index in [1.807, 2.05) is 37.3 Å². The predicted molar refractivity (Wildman–Crippen MR) is 118 cm³/mol. The number of methoxy groups -OCH3 is 2. The van der Waals surface area contributed by atoms with Gasteiger partial charge in [-0.15, -0.1) is 0 Å². The fourth-order valence-corrected chi connectivity index (χ4v) is 4.05. The van der Waals surface area contributed by atoms with Crippen molar-refractivity contribution in [2.75, 3.05) is 26.1 Å². The van der Waals surface area contributed by atoms with Crippen molar-refractivity contribution in [1.82, 2.24) is 5.32 Å². The van der Waals surface area contributed by atoms with Crippen LogP contribution in [0.1, 0.15) is 29.7 Å². The Morgan fingerprint density at radius 1 is 1.19 bits per heavy atom. The second-order valence-electron chi connectivity index (χ2n) is 7.77. The molecule has 2 aromatic rings. The van der Waals surface area contributed by atoms with Crippen molar-refractivity contribution in [3.63, 3.8) is 0 Å². The zero-order valence-corrected chi connectivity index (χ0v) is 18.5. The lowest BCUT2D eigenvalue weighted by Gasteiger charge is -2.23. The van der Waals surface area contributed by atoms with Gasteiger partial charge in [0.25, 0.3) is 0 Å². The molecule has 0 amide bonds. The highest BCUT2D eigenvalue weighted by molar-refractivity contribution is 6.30. The first-order valence-corrected chi connectivity index (χ1v) is 10.4. The maximum atomic E-state index is 12.3. The third-order valence-electron chi connectivity index (χ3n) is 5.48. The molecule has 0 fully saturated rings. The summed E-state index contributed by atoms with van der Waals surface area (Å²) in [6.45, 7) is 2.42. The summed E-state index contributed by atoms with van der Waals surface area (Å²) in [4.78, 5) is 24.7. The first-order chi connectivity index (χ1) is 14.8. The van der Waals surface area contributed by atoms with Crippen LogP contribution in [-0.2, 0) is 31.9 Å². The van der Waals surface area contributed by atoms with Gasteiger partial charge in [0.15, 0.2) is 0 Å². The Labute approximate surface area is 186 Å². The van der Waals surface area contributed by atoms with Crippen LogP contribution in [0.25, 0.3) is 0 Å². The Morgan fingerprint density at radius 3 is 2.55 bits per heavy atom. The SMILES string of the molecule is COC(=O)C1(C(=O)OC)Cc2cc(CC(C)NC[C@@H](O)c3cccc(Cl)c3)ccc2N1. The molecule has 1 heterocycles. The van der Waals surface area contributed by atoms with Crippen molar-refractivity contribution in [3.05, 3.63) is 64.2 Å². The second-order valence-corrected chi connectivity index (χ2v) is 8.20. The smallest absolute Gasteiger partial charge is 0.343 e. The predicted octanol–water partition coefficient (Wildman–Crippen LogP) is 2.65. The molecular formula is C23H27ClN2O5. The number of nitrogens with one attached hydrogen (secondary N) is 2. The number of rotatable bonds is 8. The minimum Gasteiger partial charge on any atom is -0.467 e. The first kappa shape index (κ1) is 23.1. The minimum absolute atomic E-state index is 0.0900. The maximum absolute atomic E-state index is 12.3. The van der Waals surface area contributed by atoms with Gasteiger partial charge in [0.05, 0.1) is 20.3 Å². The van der Waals surface area contributed by atoms with Gasteiger partial charge in [-0.1, -0.05) is 35.9 Å². The number of halogens is 1. The van der Waals surface area contributed by atoms with Crippen molar-refractivity contribution < 1.29 is 24.2 Å². The molecule has 166 valence electrons. The topological polar surface area (TPSA) is 96.9 Å². The van der Waals surface area contributed by atoms with Crippen LogP contribution in [0.5, 0.6) is 0 Å². The first-order valence-electron chi connectivity index (χ1n) is 10.0. The van der Waals surface area contributed by atoms with Gasteiger partial charge in [-0.3, -0.25) is 0 Å². The maximum Gasteiger partial charge on any atom is 0.343 e. The number of hydrogen-bond donors (Lipinski definition) is 3. The summed E-state index contributed by atoms with van der Waals surface area (Å²) in [5, 5.41) is 17.3. The van der Waals surface area contributed by atoms with Gasteiger partial charge >= 0.3 is 11.9 Å². The van der Waals surface area contributed by atoms with Gasteiger partial charge < -0.3 is 25.2 Å². The molecule has 0 aromatic heterocycles. The molecule has 0 saturated heterocycles. The average molecular weight is 447 g/mol. The van der Waals surface area contributed by atoms with Gasteiger partial charge in [-0.2, -0.15) is 0 Å². The second kappa shape index (κ2) is 9.68. The summed E-state index contributed by atoms with van der Waals surface area (Å²) in [5.41, 5.74) is 1.80. The molecule has 0 aliphatic carbocycles. The van der Waals surface area contributed by atoms with Gasteiger partial charge in [0.1, 0.15) is 0 Å². The van der Waals surface area contributed by atoms with Crippen molar-refractivity contribution in [3.8, 4) is 0 Å². The molecule has 2 atom stereocenters. The molecular weight excluding hydrogens is 420 g/mol. The lowest BCUT2D eigenvalue weighted by molar-refractivity contribution is -0.159. The number of carbonyl (C=O) groups excluding carboxylic acids is 2. The number of carbonyl (C=O) groups is 2. The normalized spacial score (nSPS) is 16.0. The molecule has 3 rings (SSSR count). The molecule has 1 aliphatic heterocycles. The van der Waals surface area contributed by atoms with E-state index in [0.717, 1.165) is 16.7 Å². The third kappa shape index (κ3) is 5.01. The monoisotopic (exact) mass is 446 g/mol. The molecule has 0 bridgehead atoms. The van der Waals surface area contributed by atoms with E-state index in [2.05, 4.69) is 10.6 Å². The molecule has 31 heavy (non-hydrogen) atoms. The molecule has 3 N–H and O–H groups in total. The van der Waals surface area contributed by atoms with E-state index in [-0.39, 0.29) is 12.5 Å². The van der Waals surface area contributed by atoms with E-state index in [1.165, 1.54) is 14.2 Å². The molecule has 8 heteroatoms. The van der Waals surface area contributed by atoms with Crippen molar-refractivity contribution in [2.24, 2.45) is 0 Å². The molecule has 0 saturated carbocycles. The summed E-state index contributed by atoms with van der Waals surface area (Å²) in [6.07, 6.45) is 0.204. The highest BCUT2D eigenvalue weighted by Gasteiger charge is 2.52. The minimum atomic E-state index is -1.56. The Morgan fingerprint density at radius 2 is 1.90 bits per heavy atom. The van der Waals surface area contributed by atoms with E-state index in [9.17, 15) is 14.7 Å². The van der Waals surface area contributed by atoms with E-state index in [4.69, 9.17) is 21.1 Å². The number of anilines is 1. The Bertz CT molecular complexity index is 949. The molecule has 1 unspecified atom stereocenters. The van der Waals surface area contributed by atoms with E-state index >= 15 is 0 Å². The lowest BCUT2D eigenvalue weighted by atomic mass is 9.94. The van der Waals surface area contributed by atoms with Gasteiger partial charge in [-0.25, -0.2) is 9.59 Å². The van der Waals surface area contributed by atoms with Crippen LogP contribution >= 0.6 is 11.6 Å². The number of benzene rings is 2. The summed E-state index contributed by atoms with van der Waals surface area (Å²) >= 11 is 5.99. The molecule has 0 spiro atoms. The number of ether oxygens (including phenoxy) is 2. The Balaban J connectivity index is 1.63. The van der Waals surface area contributed by atoms with Crippen LogP contribution in [0, 0.1) is 0 Å². The van der Waals surface area contributed by atoms with Crippen LogP contribution in [0.4, 0.5) is 5.69 Å². The lowest BCUT2D eigenvalue weighted by Crippen LogP contribution is -2.53. The highest BCUT2D eigenvalue weighted by atomic mass is 35.5. The highest BCUT2D eigenvalue weighted by Crippen LogP contribution is 2.35. The van der Waals surface area contributed by atoms with Crippen molar-refractivity contribution in [1.29, 1.82) is 0 Å². The number of aliphatic hydroxyl groups is 1. The molecule has 1 aliphatic rings. The van der Waals surface area contributed by atoms with Crippen LogP contribution in [-0.4, -0.2) is 49.4 Å². The molecule has 7 nitrogen and oxygen atoms in total. The van der Waals surface area contributed by atoms with Crippen molar-refractivity contribution in [2.45, 2.75) is 37.5 Å². The summed E-state index contributed by atoms with van der Waals surface area (Å²) in [5.74, 6) is -1.36. The fraction of sp³-hybridized carbons (Fsp3) is 0.391. The van der Waals surface area contributed by atoms with Crippen LogP contribution < -0.4 is 10.6 Å². The average Bonchev–Trinajstić information content (AvgIpc) is 3.16. The van der Waals surface area contributed by atoms with E-state index < -0.39 is 23.6 Å². The fourth-order valence-electron chi connectivity index (χ4n) is 3.85. The van der Waals surface area contributed by atoms with E-state index in [1.54, 1.807) is 12.1 Å². The number of aliphatic hydroxyl groups excluding tert-OH is 1. The van der Waals surface area contributed by atoms with E-state index in [0.29, 0.717) is 23.7 Å². The number of esters is 2. The standard InChI is InChI=1S/C23H27ClN2O5/c1-14(25-13-20(27)16-5-4-6-18(24)11-16)9-15-7-8-19-17(10-15)12-23(26-19,21(28)30-2)22(29)31-3/h4-8,10-11,14,20,25-27H,9,12-13H2,1-3H3/t14?,20-/m1/s1. The van der Waals surface area contributed by atoms with Gasteiger partial charge in [0.2, 0.25) is 5.54 Å². The van der Waals surface area contributed by atoms with Crippen LogP contribution in [0.3, 0.4) is 0 Å². The zero-order valence-electron chi connectivity index (χ0n) is 17.8. The van der Waals surface area contributed by atoms with Crippen LogP contribution in [0.15, 0.2) is 42.5 Å². The summed E-state index contributed by atoms with van der Waals surface area (Å²) in [6, 6.07) is 13.0. The number of hydrogen-bond acceptors (Lipinski definition) is 7. The van der Waals surface area contributed by atoms with Gasteiger partial charge in [0, 0.05) is 29.7 Å². The third-order valence-corrected chi connectivity index (χ3v) is 5.71. The number of fused-ring (bicyclic) bond motifs is 1. The Kier molecular flexibility index (Phi) is 7.20. The molecule has 2 aromatic carbocycles.